The summed E-state index contributed by atoms with van der Waals surface area (Å²) in [6, 6.07) is 4.91. The number of ether oxygens (including phenoxy) is 1. The Labute approximate surface area is 117 Å². The highest BCUT2D eigenvalue weighted by Crippen LogP contribution is 2.19. The predicted octanol–water partition coefficient (Wildman–Crippen LogP) is 0.952. The smallest absolute Gasteiger partial charge is 0.234 e. The van der Waals surface area contributed by atoms with Crippen LogP contribution in [0, 0.1) is 5.95 Å². The number of carbonyl (C=O) groups excluding carboxylic acids is 1. The molecule has 2 heterocycles. The Kier molecular flexibility index (Phi) is 3.82. The average molecular weight is 279 g/mol. The standard InChI is InChI=1S/C14H18FN3O2/c15-12-2-1-3-14(17-12)20-11-6-7-18(8-11)9-13(19)16-10-4-5-10/h1-3,10-11H,4-9H2,(H,16,19). The van der Waals surface area contributed by atoms with Crippen LogP contribution in [-0.2, 0) is 4.79 Å². The molecule has 1 unspecified atom stereocenters. The molecule has 20 heavy (non-hydrogen) atoms. The molecule has 108 valence electrons. The van der Waals surface area contributed by atoms with Gasteiger partial charge in [-0.25, -0.2) is 0 Å². The van der Waals surface area contributed by atoms with E-state index in [4.69, 9.17) is 4.74 Å². The van der Waals surface area contributed by atoms with Gasteiger partial charge in [-0.15, -0.1) is 0 Å². The zero-order valence-corrected chi connectivity index (χ0v) is 11.2. The van der Waals surface area contributed by atoms with Crippen molar-refractivity contribution >= 4 is 5.91 Å². The number of halogens is 1. The van der Waals surface area contributed by atoms with Gasteiger partial charge in [0.15, 0.2) is 0 Å². The van der Waals surface area contributed by atoms with Gasteiger partial charge in [0.2, 0.25) is 17.7 Å². The number of nitrogens with zero attached hydrogens (tertiary/aromatic N) is 2. The van der Waals surface area contributed by atoms with Crippen LogP contribution in [-0.4, -0.2) is 47.6 Å². The number of nitrogens with one attached hydrogen (secondary N) is 1. The number of likely N-dealkylation sites (tertiary alicyclic amines) is 1. The van der Waals surface area contributed by atoms with E-state index in [1.54, 1.807) is 12.1 Å². The minimum atomic E-state index is -0.541. The molecule has 2 aliphatic rings. The van der Waals surface area contributed by atoms with Crippen molar-refractivity contribution in [3.63, 3.8) is 0 Å². The van der Waals surface area contributed by atoms with Gasteiger partial charge in [0.25, 0.3) is 0 Å². The van der Waals surface area contributed by atoms with Crippen LogP contribution in [0.3, 0.4) is 0 Å². The summed E-state index contributed by atoms with van der Waals surface area (Å²) in [5.74, 6) is -0.155. The maximum atomic E-state index is 13.0. The molecule has 0 bridgehead atoms. The lowest BCUT2D eigenvalue weighted by molar-refractivity contribution is -0.122. The van der Waals surface area contributed by atoms with Crippen LogP contribution < -0.4 is 10.1 Å². The first-order chi connectivity index (χ1) is 9.69. The molecular weight excluding hydrogens is 261 g/mol. The SMILES string of the molecule is O=C(CN1CCC(Oc2cccc(F)n2)C1)NC1CC1. The average Bonchev–Trinajstić information content (AvgIpc) is 3.09. The molecule has 1 N–H and O–H groups in total. The first-order valence-corrected chi connectivity index (χ1v) is 7.00. The number of pyridine rings is 1. The molecule has 3 rings (SSSR count). The molecular formula is C14H18FN3O2. The monoisotopic (exact) mass is 279 g/mol. The summed E-state index contributed by atoms with van der Waals surface area (Å²) in [5.41, 5.74) is 0. The largest absolute Gasteiger partial charge is 0.473 e. The van der Waals surface area contributed by atoms with Crippen LogP contribution in [0.25, 0.3) is 0 Å². The van der Waals surface area contributed by atoms with Crippen LogP contribution in [0.1, 0.15) is 19.3 Å². The topological polar surface area (TPSA) is 54.5 Å². The van der Waals surface area contributed by atoms with Gasteiger partial charge >= 0.3 is 0 Å². The maximum absolute atomic E-state index is 13.0. The van der Waals surface area contributed by atoms with Crippen molar-refractivity contribution in [1.82, 2.24) is 15.2 Å². The molecule has 1 aliphatic heterocycles. The van der Waals surface area contributed by atoms with E-state index in [0.717, 1.165) is 25.8 Å². The third kappa shape index (κ3) is 3.66. The Morgan fingerprint density at radius 1 is 1.45 bits per heavy atom. The second kappa shape index (κ2) is 5.75. The minimum absolute atomic E-state index is 0.0296. The van der Waals surface area contributed by atoms with Crippen molar-refractivity contribution in [3.8, 4) is 5.88 Å². The number of aromatic nitrogens is 1. The van der Waals surface area contributed by atoms with Crippen LogP contribution in [0.5, 0.6) is 5.88 Å². The van der Waals surface area contributed by atoms with Crippen LogP contribution >= 0.6 is 0 Å². The van der Waals surface area contributed by atoms with E-state index in [-0.39, 0.29) is 12.0 Å². The van der Waals surface area contributed by atoms with Gasteiger partial charge in [0.05, 0.1) is 6.54 Å². The van der Waals surface area contributed by atoms with Gasteiger partial charge in [-0.2, -0.15) is 9.37 Å². The van der Waals surface area contributed by atoms with E-state index in [9.17, 15) is 9.18 Å². The van der Waals surface area contributed by atoms with Crippen molar-refractivity contribution in [3.05, 3.63) is 24.1 Å². The zero-order valence-electron chi connectivity index (χ0n) is 11.2. The molecule has 1 amide bonds. The van der Waals surface area contributed by atoms with Gasteiger partial charge in [-0.3, -0.25) is 9.69 Å². The summed E-state index contributed by atoms with van der Waals surface area (Å²) in [4.78, 5) is 17.4. The third-order valence-electron chi connectivity index (χ3n) is 3.52. The molecule has 0 radical (unpaired) electrons. The van der Waals surface area contributed by atoms with Gasteiger partial charge in [0, 0.05) is 25.2 Å². The maximum Gasteiger partial charge on any atom is 0.234 e. The zero-order chi connectivity index (χ0) is 13.9. The summed E-state index contributed by atoms with van der Waals surface area (Å²) >= 11 is 0. The van der Waals surface area contributed by atoms with E-state index in [2.05, 4.69) is 15.2 Å². The fourth-order valence-corrected chi connectivity index (χ4v) is 2.37. The summed E-state index contributed by atoms with van der Waals surface area (Å²) in [6.45, 7) is 1.90. The summed E-state index contributed by atoms with van der Waals surface area (Å²) in [5, 5.41) is 2.97. The fraction of sp³-hybridized carbons (Fsp3) is 0.571. The van der Waals surface area contributed by atoms with E-state index in [1.807, 2.05) is 0 Å². The molecule has 5 nitrogen and oxygen atoms in total. The molecule has 1 aromatic rings. The number of rotatable bonds is 5. The molecule has 1 atom stereocenters. The van der Waals surface area contributed by atoms with Gasteiger partial charge in [-0.05, 0) is 25.3 Å². The van der Waals surface area contributed by atoms with Crippen molar-refractivity contribution in [2.24, 2.45) is 0 Å². The number of amides is 1. The highest BCUT2D eigenvalue weighted by molar-refractivity contribution is 5.78. The molecule has 1 saturated heterocycles. The molecule has 1 saturated carbocycles. The molecule has 1 aromatic heterocycles. The summed E-state index contributed by atoms with van der Waals surface area (Å²) in [7, 11) is 0. The van der Waals surface area contributed by atoms with Crippen molar-refractivity contribution in [1.29, 1.82) is 0 Å². The molecule has 0 aromatic carbocycles. The molecule has 2 fully saturated rings. The van der Waals surface area contributed by atoms with E-state index in [1.165, 1.54) is 6.07 Å². The lowest BCUT2D eigenvalue weighted by atomic mass is 10.3. The highest BCUT2D eigenvalue weighted by atomic mass is 19.1. The quantitative estimate of drug-likeness (QED) is 0.816. The Balaban J connectivity index is 1.45. The first-order valence-electron chi connectivity index (χ1n) is 7.00. The molecule has 0 spiro atoms. The van der Waals surface area contributed by atoms with Crippen LogP contribution in [0.2, 0.25) is 0 Å². The second-order valence-corrected chi connectivity index (χ2v) is 5.40. The normalized spacial score (nSPS) is 22.8. The summed E-state index contributed by atoms with van der Waals surface area (Å²) < 4.78 is 18.6. The fourth-order valence-electron chi connectivity index (χ4n) is 2.37. The number of hydrogen-bond donors (Lipinski definition) is 1. The van der Waals surface area contributed by atoms with Gasteiger partial charge in [0.1, 0.15) is 6.10 Å². The van der Waals surface area contributed by atoms with E-state index < -0.39 is 5.95 Å². The Bertz CT molecular complexity index is 493. The minimum Gasteiger partial charge on any atom is -0.473 e. The number of carbonyl (C=O) groups is 1. The predicted molar refractivity (Wildman–Crippen MR) is 70.8 cm³/mol. The van der Waals surface area contributed by atoms with Crippen molar-refractivity contribution in [2.75, 3.05) is 19.6 Å². The highest BCUT2D eigenvalue weighted by Gasteiger charge is 2.28. The Morgan fingerprint density at radius 3 is 3.05 bits per heavy atom. The lowest BCUT2D eigenvalue weighted by Crippen LogP contribution is -2.37. The number of hydrogen-bond acceptors (Lipinski definition) is 4. The van der Waals surface area contributed by atoms with Crippen LogP contribution in [0.4, 0.5) is 4.39 Å². The van der Waals surface area contributed by atoms with E-state index in [0.29, 0.717) is 25.0 Å². The van der Waals surface area contributed by atoms with Gasteiger partial charge in [-0.1, -0.05) is 6.07 Å². The first kappa shape index (κ1) is 13.3. The Morgan fingerprint density at radius 2 is 2.30 bits per heavy atom. The summed E-state index contributed by atoms with van der Waals surface area (Å²) in [6.07, 6.45) is 3.00. The molecule has 1 aliphatic carbocycles. The van der Waals surface area contributed by atoms with Crippen molar-refractivity contribution < 1.29 is 13.9 Å². The van der Waals surface area contributed by atoms with Crippen molar-refractivity contribution in [2.45, 2.75) is 31.4 Å². The second-order valence-electron chi connectivity index (χ2n) is 5.40. The van der Waals surface area contributed by atoms with Crippen LogP contribution in [0.15, 0.2) is 18.2 Å². The lowest BCUT2D eigenvalue weighted by Gasteiger charge is -2.16. The molecule has 6 heteroatoms. The van der Waals surface area contributed by atoms with E-state index >= 15 is 0 Å². The van der Waals surface area contributed by atoms with Gasteiger partial charge < -0.3 is 10.1 Å². The Hall–Kier alpha value is -1.69. The third-order valence-corrected chi connectivity index (χ3v) is 3.52.